The van der Waals surface area contributed by atoms with Gasteiger partial charge in [0, 0.05) is 18.0 Å². The molecule has 2 aromatic rings. The van der Waals surface area contributed by atoms with E-state index in [4.69, 9.17) is 0 Å². The molecule has 0 fully saturated rings. The Kier molecular flexibility index (Phi) is 4.04. The minimum absolute atomic E-state index is 0.300. The van der Waals surface area contributed by atoms with E-state index in [0.29, 0.717) is 18.7 Å². The van der Waals surface area contributed by atoms with Crippen LogP contribution in [-0.2, 0) is 6.54 Å². The lowest BCUT2D eigenvalue weighted by Gasteiger charge is -2.19. The van der Waals surface area contributed by atoms with E-state index in [1.165, 1.54) is 6.07 Å². The first-order chi connectivity index (χ1) is 8.72. The van der Waals surface area contributed by atoms with E-state index >= 15 is 0 Å². The van der Waals surface area contributed by atoms with Gasteiger partial charge in [-0.2, -0.15) is 5.10 Å². The third-order valence-corrected chi connectivity index (χ3v) is 2.74. The summed E-state index contributed by atoms with van der Waals surface area (Å²) in [6, 6.07) is 5.72. The molecule has 1 aromatic heterocycles. The van der Waals surface area contributed by atoms with Gasteiger partial charge in [-0.3, -0.25) is 4.68 Å². The van der Waals surface area contributed by atoms with Gasteiger partial charge in [0.15, 0.2) is 11.6 Å². The van der Waals surface area contributed by atoms with Gasteiger partial charge in [0.05, 0.1) is 12.6 Å². The molecular weight excluding hydrogens is 236 g/mol. The normalized spacial score (nSPS) is 12.6. The van der Waals surface area contributed by atoms with Crippen molar-refractivity contribution in [3.63, 3.8) is 0 Å². The van der Waals surface area contributed by atoms with E-state index in [1.807, 2.05) is 6.92 Å². The summed E-state index contributed by atoms with van der Waals surface area (Å²) >= 11 is 0. The minimum Gasteiger partial charge on any atom is -0.309 e. The van der Waals surface area contributed by atoms with Crippen molar-refractivity contribution < 1.29 is 8.78 Å². The molecule has 18 heavy (non-hydrogen) atoms. The lowest BCUT2D eigenvalue weighted by molar-refractivity contribution is 0.417. The molecule has 0 spiro atoms. The van der Waals surface area contributed by atoms with Crippen LogP contribution in [0.2, 0.25) is 0 Å². The van der Waals surface area contributed by atoms with Crippen LogP contribution < -0.4 is 5.32 Å². The van der Waals surface area contributed by atoms with Crippen molar-refractivity contribution in [3.8, 4) is 0 Å². The molecule has 1 N–H and O–H groups in total. The summed E-state index contributed by atoms with van der Waals surface area (Å²) in [5.74, 6) is -1.62. The number of halogens is 2. The highest BCUT2D eigenvalue weighted by atomic mass is 19.2. The van der Waals surface area contributed by atoms with Crippen molar-refractivity contribution in [2.24, 2.45) is 0 Å². The first kappa shape index (κ1) is 12.7. The van der Waals surface area contributed by atoms with Crippen LogP contribution in [0.1, 0.15) is 18.5 Å². The number of hydrogen-bond acceptors (Lipinski definition) is 2. The first-order valence-electron chi connectivity index (χ1n) is 5.87. The quantitative estimate of drug-likeness (QED) is 0.885. The molecule has 0 bridgehead atoms. The molecule has 1 heterocycles. The molecule has 0 aliphatic carbocycles. The molecule has 96 valence electrons. The van der Waals surface area contributed by atoms with Gasteiger partial charge in [0.25, 0.3) is 0 Å². The molecule has 0 aliphatic rings. The number of aromatic nitrogens is 2. The zero-order valence-electron chi connectivity index (χ0n) is 10.1. The fourth-order valence-corrected chi connectivity index (χ4v) is 1.90. The summed E-state index contributed by atoms with van der Waals surface area (Å²) in [7, 11) is 0. The Labute approximate surface area is 104 Å². The Hall–Kier alpha value is -1.75. The van der Waals surface area contributed by atoms with Crippen LogP contribution in [0.15, 0.2) is 36.7 Å². The van der Waals surface area contributed by atoms with Gasteiger partial charge in [-0.1, -0.05) is 19.1 Å². The summed E-state index contributed by atoms with van der Waals surface area (Å²) in [5, 5.41) is 7.21. The van der Waals surface area contributed by atoms with E-state index in [2.05, 4.69) is 10.4 Å². The van der Waals surface area contributed by atoms with Crippen LogP contribution in [-0.4, -0.2) is 16.3 Å². The molecular formula is C13H15F2N3. The van der Waals surface area contributed by atoms with Crippen LogP contribution in [0.5, 0.6) is 0 Å². The SMILES string of the molecule is CCNC(Cn1cccn1)c1cccc(F)c1F. The van der Waals surface area contributed by atoms with Crippen molar-refractivity contribution in [1.82, 2.24) is 15.1 Å². The summed E-state index contributed by atoms with van der Waals surface area (Å²) in [6.45, 7) is 3.05. The second kappa shape index (κ2) is 5.73. The number of rotatable bonds is 5. The second-order valence-corrected chi connectivity index (χ2v) is 3.98. The van der Waals surface area contributed by atoms with Crippen LogP contribution in [0, 0.1) is 11.6 Å². The lowest BCUT2D eigenvalue weighted by atomic mass is 10.1. The maximum absolute atomic E-state index is 13.8. The number of nitrogens with zero attached hydrogens (tertiary/aromatic N) is 2. The number of likely N-dealkylation sites (N-methyl/N-ethyl adjacent to an activating group) is 1. The molecule has 0 amide bonds. The second-order valence-electron chi connectivity index (χ2n) is 3.98. The molecule has 5 heteroatoms. The van der Waals surface area contributed by atoms with E-state index in [1.54, 1.807) is 29.2 Å². The summed E-state index contributed by atoms with van der Waals surface area (Å²) in [5.41, 5.74) is 0.326. The molecule has 0 aliphatic heterocycles. The van der Waals surface area contributed by atoms with Crippen LogP contribution in [0.3, 0.4) is 0 Å². The maximum Gasteiger partial charge on any atom is 0.163 e. The topological polar surface area (TPSA) is 29.9 Å². The number of benzene rings is 1. The Morgan fingerprint density at radius 2 is 2.17 bits per heavy atom. The molecule has 0 saturated heterocycles. The monoisotopic (exact) mass is 251 g/mol. The van der Waals surface area contributed by atoms with Gasteiger partial charge in [-0.05, 0) is 18.7 Å². The van der Waals surface area contributed by atoms with Gasteiger partial charge in [0.1, 0.15) is 0 Å². The zero-order valence-corrected chi connectivity index (χ0v) is 10.1. The third kappa shape index (κ3) is 2.73. The fourth-order valence-electron chi connectivity index (χ4n) is 1.90. The third-order valence-electron chi connectivity index (χ3n) is 2.74. The molecule has 0 radical (unpaired) electrons. The molecule has 1 unspecified atom stereocenters. The Balaban J connectivity index is 2.26. The first-order valence-corrected chi connectivity index (χ1v) is 5.87. The van der Waals surface area contributed by atoms with Gasteiger partial charge >= 0.3 is 0 Å². The van der Waals surface area contributed by atoms with E-state index < -0.39 is 11.6 Å². The fraction of sp³-hybridized carbons (Fsp3) is 0.308. The standard InChI is InChI=1S/C13H15F2N3/c1-2-16-12(9-18-8-4-7-17-18)10-5-3-6-11(14)13(10)15/h3-8,12,16H,2,9H2,1H3. The van der Waals surface area contributed by atoms with Gasteiger partial charge in [-0.25, -0.2) is 8.78 Å². The number of nitrogens with one attached hydrogen (secondary N) is 1. The van der Waals surface area contributed by atoms with Gasteiger partial charge in [-0.15, -0.1) is 0 Å². The van der Waals surface area contributed by atoms with Gasteiger partial charge in [0.2, 0.25) is 0 Å². The van der Waals surface area contributed by atoms with E-state index in [9.17, 15) is 8.78 Å². The Bertz CT molecular complexity index is 497. The highest BCUT2D eigenvalue weighted by molar-refractivity contribution is 5.22. The largest absolute Gasteiger partial charge is 0.309 e. The zero-order chi connectivity index (χ0) is 13.0. The Morgan fingerprint density at radius 3 is 2.83 bits per heavy atom. The van der Waals surface area contributed by atoms with Crippen molar-refractivity contribution in [2.45, 2.75) is 19.5 Å². The minimum atomic E-state index is -0.823. The Morgan fingerprint density at radius 1 is 1.33 bits per heavy atom. The smallest absolute Gasteiger partial charge is 0.163 e. The molecule has 1 aromatic carbocycles. The van der Waals surface area contributed by atoms with Gasteiger partial charge < -0.3 is 5.32 Å². The number of hydrogen-bond donors (Lipinski definition) is 1. The average molecular weight is 251 g/mol. The predicted octanol–water partition coefficient (Wildman–Crippen LogP) is 2.51. The van der Waals surface area contributed by atoms with Crippen LogP contribution >= 0.6 is 0 Å². The van der Waals surface area contributed by atoms with Crippen LogP contribution in [0.25, 0.3) is 0 Å². The maximum atomic E-state index is 13.8. The van der Waals surface area contributed by atoms with E-state index in [0.717, 1.165) is 6.07 Å². The summed E-state index contributed by atoms with van der Waals surface area (Å²) in [6.07, 6.45) is 3.45. The molecule has 2 rings (SSSR count). The summed E-state index contributed by atoms with van der Waals surface area (Å²) in [4.78, 5) is 0. The highest BCUT2D eigenvalue weighted by Crippen LogP contribution is 2.20. The average Bonchev–Trinajstić information content (AvgIpc) is 2.85. The van der Waals surface area contributed by atoms with Crippen molar-refractivity contribution in [2.75, 3.05) is 6.54 Å². The molecule has 3 nitrogen and oxygen atoms in total. The molecule has 0 saturated carbocycles. The lowest BCUT2D eigenvalue weighted by Crippen LogP contribution is -2.26. The molecule has 1 atom stereocenters. The van der Waals surface area contributed by atoms with Crippen molar-refractivity contribution in [1.29, 1.82) is 0 Å². The highest BCUT2D eigenvalue weighted by Gasteiger charge is 2.17. The van der Waals surface area contributed by atoms with Crippen molar-refractivity contribution in [3.05, 3.63) is 53.9 Å². The van der Waals surface area contributed by atoms with Crippen molar-refractivity contribution >= 4 is 0 Å². The summed E-state index contributed by atoms with van der Waals surface area (Å²) < 4.78 is 28.7. The van der Waals surface area contributed by atoms with E-state index in [-0.39, 0.29) is 6.04 Å². The van der Waals surface area contributed by atoms with Crippen LogP contribution in [0.4, 0.5) is 8.78 Å². The predicted molar refractivity (Wildman–Crippen MR) is 65.0 cm³/mol.